The summed E-state index contributed by atoms with van der Waals surface area (Å²) in [6.45, 7) is 7.00. The summed E-state index contributed by atoms with van der Waals surface area (Å²) in [5.74, 6) is 0. The predicted molar refractivity (Wildman–Crippen MR) is 79.4 cm³/mol. The largest absolute Gasteiger partial charge is 0.147 e. The van der Waals surface area contributed by atoms with Crippen molar-refractivity contribution >= 4 is 44.6 Å². The van der Waals surface area contributed by atoms with Gasteiger partial charge in [-0.25, -0.2) is 0 Å². The van der Waals surface area contributed by atoms with Crippen molar-refractivity contribution in [3.05, 3.63) is 0 Å². The van der Waals surface area contributed by atoms with Crippen LogP contribution in [0.3, 0.4) is 0 Å². The Kier molecular flexibility index (Phi) is 25.6. The van der Waals surface area contributed by atoms with Gasteiger partial charge in [-0.15, -0.1) is 24.8 Å². The van der Waals surface area contributed by atoms with Crippen LogP contribution in [-0.2, 0) is 0 Å². The second-order valence-electron chi connectivity index (χ2n) is 4.06. The summed E-state index contributed by atoms with van der Waals surface area (Å²) in [5.41, 5.74) is 0. The molecule has 0 nitrogen and oxygen atoms in total. The minimum absolute atomic E-state index is 0. The summed E-state index contributed by atoms with van der Waals surface area (Å²) in [5, 5.41) is 0. The molecule has 95 valence electrons. The van der Waals surface area contributed by atoms with Crippen LogP contribution in [0, 0.1) is 0 Å². The molecule has 3 heteroatoms. The summed E-state index contributed by atoms with van der Waals surface area (Å²) >= 11 is -0.839. The van der Waals surface area contributed by atoms with Crippen LogP contribution in [0.5, 0.6) is 0 Å². The molecule has 1 radical (unpaired) electrons. The molecule has 0 aromatic rings. The fourth-order valence-corrected chi connectivity index (χ4v) is 11.1. The van der Waals surface area contributed by atoms with Gasteiger partial charge in [-0.1, -0.05) is 0 Å². The molecule has 0 rings (SSSR count). The molecule has 0 saturated carbocycles. The zero-order valence-corrected chi connectivity index (χ0v) is 15.2. The van der Waals surface area contributed by atoms with Gasteiger partial charge in [0.2, 0.25) is 0 Å². The molecule has 0 saturated heterocycles. The van der Waals surface area contributed by atoms with E-state index in [2.05, 4.69) is 20.8 Å². The molecule has 0 aliphatic rings. The molecule has 0 aromatic carbocycles. The number of hydrogen-bond donors (Lipinski definition) is 0. The Labute approximate surface area is 117 Å². The van der Waals surface area contributed by atoms with Crippen molar-refractivity contribution in [1.29, 1.82) is 0 Å². The van der Waals surface area contributed by atoms with Gasteiger partial charge in [-0.05, 0) is 0 Å². The van der Waals surface area contributed by atoms with Gasteiger partial charge in [-0.2, -0.15) is 0 Å². The first-order valence-electron chi connectivity index (χ1n) is 6.18. The average molecular weight is 363 g/mol. The first kappa shape index (κ1) is 21.6. The molecule has 0 atom stereocenters. The SMILES string of the molecule is CCC[CH2][Sn]([CH2]CCC)[CH2]CCC.Cl.Cl. The maximum atomic E-state index is 2.33. The van der Waals surface area contributed by atoms with E-state index in [1.165, 1.54) is 38.5 Å². The van der Waals surface area contributed by atoms with E-state index in [0.29, 0.717) is 0 Å². The predicted octanol–water partition coefficient (Wildman–Crippen LogP) is 5.73. The first-order valence-corrected chi connectivity index (χ1v) is 12.2. The summed E-state index contributed by atoms with van der Waals surface area (Å²) < 4.78 is 5.04. The first-order chi connectivity index (χ1) is 6.35. The maximum Gasteiger partial charge on any atom is -0.147 e. The zero-order valence-electron chi connectivity index (χ0n) is 10.7. The van der Waals surface area contributed by atoms with Gasteiger partial charge in [0.15, 0.2) is 0 Å². The Morgan fingerprint density at radius 2 is 0.867 bits per heavy atom. The fraction of sp³-hybridized carbons (Fsp3) is 1.00. The van der Waals surface area contributed by atoms with E-state index >= 15 is 0 Å². The Morgan fingerprint density at radius 1 is 0.600 bits per heavy atom. The molecular formula is C12H29Cl2Sn. The summed E-state index contributed by atoms with van der Waals surface area (Å²) in [4.78, 5) is 0. The van der Waals surface area contributed by atoms with Crippen LogP contribution in [0.4, 0.5) is 0 Å². The molecule has 0 aliphatic carbocycles. The molecule has 0 amide bonds. The molecule has 0 unspecified atom stereocenters. The van der Waals surface area contributed by atoms with Crippen LogP contribution >= 0.6 is 24.8 Å². The third-order valence-corrected chi connectivity index (χ3v) is 11.7. The number of halogens is 2. The summed E-state index contributed by atoms with van der Waals surface area (Å²) in [7, 11) is 0. The van der Waals surface area contributed by atoms with Gasteiger partial charge in [0.05, 0.1) is 0 Å². The third kappa shape index (κ3) is 15.4. The molecule has 0 fully saturated rings. The van der Waals surface area contributed by atoms with Crippen LogP contribution in [0.15, 0.2) is 0 Å². The average Bonchev–Trinajstić information content (AvgIpc) is 2.17. The van der Waals surface area contributed by atoms with Crippen LogP contribution < -0.4 is 0 Å². The standard InChI is InChI=1S/3C4H9.2ClH.Sn/c3*1-3-4-2;;;/h3*1,3-4H2,2H3;2*1H;. The summed E-state index contributed by atoms with van der Waals surface area (Å²) in [6.07, 6.45) is 8.85. The molecule has 0 N–H and O–H groups in total. The van der Waals surface area contributed by atoms with Crippen LogP contribution in [-0.4, -0.2) is 19.8 Å². The van der Waals surface area contributed by atoms with Crippen LogP contribution in [0.25, 0.3) is 0 Å². The normalized spacial score (nSPS) is 9.60. The molecule has 0 bridgehead atoms. The van der Waals surface area contributed by atoms with Gasteiger partial charge in [-0.3, -0.25) is 0 Å². The van der Waals surface area contributed by atoms with Crippen molar-refractivity contribution in [2.24, 2.45) is 0 Å². The minimum Gasteiger partial charge on any atom is -0.147 e. The Hall–Kier alpha value is 1.38. The van der Waals surface area contributed by atoms with Gasteiger partial charge in [0.25, 0.3) is 0 Å². The van der Waals surface area contributed by atoms with Gasteiger partial charge < -0.3 is 0 Å². The summed E-state index contributed by atoms with van der Waals surface area (Å²) in [6, 6.07) is 0. The zero-order chi connectivity index (χ0) is 9.94. The van der Waals surface area contributed by atoms with E-state index < -0.39 is 19.8 Å². The fourth-order valence-electron chi connectivity index (χ4n) is 1.66. The molecule has 0 heterocycles. The minimum atomic E-state index is -0.839. The molecular weight excluding hydrogens is 334 g/mol. The van der Waals surface area contributed by atoms with E-state index in [0.717, 1.165) is 0 Å². The number of rotatable bonds is 9. The van der Waals surface area contributed by atoms with Crippen molar-refractivity contribution in [3.8, 4) is 0 Å². The van der Waals surface area contributed by atoms with E-state index in [4.69, 9.17) is 0 Å². The molecule has 0 spiro atoms. The maximum absolute atomic E-state index is 2.33. The van der Waals surface area contributed by atoms with Crippen molar-refractivity contribution in [1.82, 2.24) is 0 Å². The van der Waals surface area contributed by atoms with Crippen molar-refractivity contribution in [3.63, 3.8) is 0 Å². The topological polar surface area (TPSA) is 0 Å². The van der Waals surface area contributed by atoms with Crippen LogP contribution in [0.2, 0.25) is 13.3 Å². The Bertz CT molecular complexity index is 80.6. The van der Waals surface area contributed by atoms with Crippen molar-refractivity contribution in [2.45, 2.75) is 72.6 Å². The molecule has 15 heavy (non-hydrogen) atoms. The van der Waals surface area contributed by atoms with Crippen LogP contribution in [0.1, 0.15) is 59.3 Å². The second kappa shape index (κ2) is 17.8. The number of hydrogen-bond acceptors (Lipinski definition) is 0. The van der Waals surface area contributed by atoms with Crippen molar-refractivity contribution < 1.29 is 0 Å². The monoisotopic (exact) mass is 363 g/mol. The number of unbranched alkanes of at least 4 members (excludes halogenated alkanes) is 3. The molecule has 0 aliphatic heterocycles. The Morgan fingerprint density at radius 3 is 1.07 bits per heavy atom. The Balaban J connectivity index is -0.000000720. The van der Waals surface area contributed by atoms with E-state index in [1.807, 2.05) is 0 Å². The third-order valence-electron chi connectivity index (χ3n) is 2.65. The van der Waals surface area contributed by atoms with Gasteiger partial charge in [0.1, 0.15) is 0 Å². The van der Waals surface area contributed by atoms with E-state index in [-0.39, 0.29) is 24.8 Å². The van der Waals surface area contributed by atoms with Crippen molar-refractivity contribution in [2.75, 3.05) is 0 Å². The van der Waals surface area contributed by atoms with Gasteiger partial charge in [0, 0.05) is 0 Å². The smallest absolute Gasteiger partial charge is 0.147 e. The van der Waals surface area contributed by atoms with E-state index in [1.54, 1.807) is 13.3 Å². The quantitative estimate of drug-likeness (QED) is 0.460. The second-order valence-corrected chi connectivity index (χ2v) is 12.6. The van der Waals surface area contributed by atoms with Gasteiger partial charge >= 0.3 is 92.4 Å². The van der Waals surface area contributed by atoms with E-state index in [9.17, 15) is 0 Å². The molecule has 0 aromatic heterocycles.